The zero-order chi connectivity index (χ0) is 24.1. The number of hydrogen-bond donors (Lipinski definition) is 1. The van der Waals surface area contributed by atoms with E-state index in [1.807, 2.05) is 24.3 Å². The molecule has 2 N–H and O–H groups in total. The Kier molecular flexibility index (Phi) is 7.88. The lowest BCUT2D eigenvalue weighted by Gasteiger charge is -2.37. The predicted octanol–water partition coefficient (Wildman–Crippen LogP) is 3.54. The maximum absolute atomic E-state index is 13.0. The van der Waals surface area contributed by atoms with Crippen molar-refractivity contribution >= 4 is 17.5 Å². The van der Waals surface area contributed by atoms with Crippen molar-refractivity contribution < 1.29 is 9.59 Å². The van der Waals surface area contributed by atoms with Crippen molar-refractivity contribution in [2.24, 2.45) is 5.73 Å². The molecule has 182 valence electrons. The minimum atomic E-state index is -0.538. The van der Waals surface area contributed by atoms with Crippen LogP contribution in [0.3, 0.4) is 0 Å². The van der Waals surface area contributed by atoms with Gasteiger partial charge >= 0.3 is 0 Å². The molecule has 34 heavy (non-hydrogen) atoms. The highest BCUT2D eigenvalue weighted by atomic mass is 16.2. The van der Waals surface area contributed by atoms with Crippen molar-refractivity contribution in [3.63, 3.8) is 0 Å². The summed E-state index contributed by atoms with van der Waals surface area (Å²) >= 11 is 0. The first kappa shape index (κ1) is 24.3. The summed E-state index contributed by atoms with van der Waals surface area (Å²) < 4.78 is 0. The molecule has 4 rings (SSSR count). The summed E-state index contributed by atoms with van der Waals surface area (Å²) in [6, 6.07) is 16.2. The van der Waals surface area contributed by atoms with Crippen LogP contribution in [0.25, 0.3) is 0 Å². The SMILES string of the molecule is CC(C)c1ccccc1N1CCN(CCCCC(=O)N2Cc3ccccc3C[C@H]2C(N)=O)CC1. The Morgan fingerprint density at radius 3 is 2.32 bits per heavy atom. The summed E-state index contributed by atoms with van der Waals surface area (Å²) in [5, 5.41) is 0. The van der Waals surface area contributed by atoms with Crippen LogP contribution in [-0.4, -0.2) is 60.4 Å². The van der Waals surface area contributed by atoms with E-state index in [0.29, 0.717) is 25.3 Å². The second-order valence-corrected chi connectivity index (χ2v) is 9.91. The molecular formula is C28H38N4O2. The molecule has 0 radical (unpaired) electrons. The monoisotopic (exact) mass is 462 g/mol. The Morgan fingerprint density at radius 2 is 1.62 bits per heavy atom. The van der Waals surface area contributed by atoms with Gasteiger partial charge in [0, 0.05) is 51.3 Å². The highest BCUT2D eigenvalue weighted by Crippen LogP contribution is 2.28. The van der Waals surface area contributed by atoms with Gasteiger partial charge in [-0.1, -0.05) is 56.3 Å². The molecule has 1 fully saturated rings. The second-order valence-electron chi connectivity index (χ2n) is 9.91. The van der Waals surface area contributed by atoms with Crippen LogP contribution in [0.5, 0.6) is 0 Å². The summed E-state index contributed by atoms with van der Waals surface area (Å²) in [6.45, 7) is 10.2. The molecule has 2 heterocycles. The molecular weight excluding hydrogens is 424 g/mol. The first-order valence-electron chi connectivity index (χ1n) is 12.7. The van der Waals surface area contributed by atoms with Gasteiger partial charge in [-0.2, -0.15) is 0 Å². The van der Waals surface area contributed by atoms with Crippen LogP contribution in [0, 0.1) is 0 Å². The number of nitrogens with zero attached hydrogens (tertiary/aromatic N) is 3. The average Bonchev–Trinajstić information content (AvgIpc) is 2.86. The molecule has 0 aliphatic carbocycles. The topological polar surface area (TPSA) is 69.9 Å². The van der Waals surface area contributed by atoms with Gasteiger partial charge in [-0.3, -0.25) is 14.5 Å². The minimum Gasteiger partial charge on any atom is -0.369 e. The van der Waals surface area contributed by atoms with Gasteiger partial charge in [0.25, 0.3) is 0 Å². The number of hydrogen-bond acceptors (Lipinski definition) is 4. The molecule has 1 atom stereocenters. The van der Waals surface area contributed by atoms with E-state index in [1.165, 1.54) is 11.3 Å². The van der Waals surface area contributed by atoms with E-state index in [2.05, 4.69) is 47.9 Å². The Labute approximate surface area is 203 Å². The number of carbonyl (C=O) groups is 2. The summed E-state index contributed by atoms with van der Waals surface area (Å²) in [5.41, 5.74) is 10.7. The molecule has 2 aliphatic rings. The maximum atomic E-state index is 13.0. The molecule has 6 nitrogen and oxygen atoms in total. The van der Waals surface area contributed by atoms with Gasteiger partial charge in [0.15, 0.2) is 0 Å². The van der Waals surface area contributed by atoms with Crippen molar-refractivity contribution in [2.45, 2.75) is 58.0 Å². The fourth-order valence-electron chi connectivity index (χ4n) is 5.27. The number of anilines is 1. The molecule has 0 bridgehead atoms. The van der Waals surface area contributed by atoms with Crippen LogP contribution in [0.15, 0.2) is 48.5 Å². The first-order valence-corrected chi connectivity index (χ1v) is 12.7. The van der Waals surface area contributed by atoms with E-state index < -0.39 is 11.9 Å². The normalized spacial score (nSPS) is 18.7. The average molecular weight is 463 g/mol. The van der Waals surface area contributed by atoms with Crippen molar-refractivity contribution in [1.82, 2.24) is 9.80 Å². The molecule has 1 saturated heterocycles. The number of piperazine rings is 1. The van der Waals surface area contributed by atoms with E-state index in [9.17, 15) is 9.59 Å². The van der Waals surface area contributed by atoms with Gasteiger partial charge < -0.3 is 15.5 Å². The number of unbranched alkanes of at least 4 members (excludes halogenated alkanes) is 1. The number of primary amides is 1. The van der Waals surface area contributed by atoms with Gasteiger partial charge in [-0.25, -0.2) is 0 Å². The van der Waals surface area contributed by atoms with Gasteiger partial charge in [0.05, 0.1) is 0 Å². The van der Waals surface area contributed by atoms with Crippen LogP contribution >= 0.6 is 0 Å². The number of fused-ring (bicyclic) bond motifs is 1. The standard InChI is InChI=1S/C28H38N4O2/c1-21(2)24-11-5-6-12-25(24)31-17-15-30(16-18-31)14-8-7-13-27(33)32-20-23-10-4-3-9-22(23)19-26(32)28(29)34/h3-6,9-12,21,26H,7-8,13-20H2,1-2H3,(H2,29,34)/t26-/m0/s1. The van der Waals surface area contributed by atoms with Crippen LogP contribution in [0.2, 0.25) is 0 Å². The number of rotatable bonds is 8. The van der Waals surface area contributed by atoms with Crippen LogP contribution in [-0.2, 0) is 22.6 Å². The van der Waals surface area contributed by atoms with E-state index in [4.69, 9.17) is 5.73 Å². The van der Waals surface area contributed by atoms with E-state index in [1.54, 1.807) is 4.90 Å². The fourth-order valence-corrected chi connectivity index (χ4v) is 5.27. The number of para-hydroxylation sites is 1. The number of amides is 2. The highest BCUT2D eigenvalue weighted by molar-refractivity contribution is 5.87. The number of benzene rings is 2. The second kappa shape index (κ2) is 11.0. The molecule has 2 aromatic rings. The highest BCUT2D eigenvalue weighted by Gasteiger charge is 2.32. The molecule has 2 aliphatic heterocycles. The van der Waals surface area contributed by atoms with Gasteiger partial charge in [0.1, 0.15) is 6.04 Å². The van der Waals surface area contributed by atoms with Gasteiger partial charge in [-0.05, 0) is 48.1 Å². The third kappa shape index (κ3) is 5.61. The van der Waals surface area contributed by atoms with E-state index in [0.717, 1.165) is 56.7 Å². The van der Waals surface area contributed by atoms with E-state index >= 15 is 0 Å². The maximum Gasteiger partial charge on any atom is 0.240 e. The number of carbonyl (C=O) groups excluding carboxylic acids is 2. The molecule has 2 aromatic carbocycles. The lowest BCUT2D eigenvalue weighted by atomic mass is 9.93. The largest absolute Gasteiger partial charge is 0.369 e. The summed E-state index contributed by atoms with van der Waals surface area (Å²) in [5.74, 6) is 0.141. The minimum absolute atomic E-state index is 0.0356. The number of nitrogens with two attached hydrogens (primary N) is 1. The molecule has 0 unspecified atom stereocenters. The summed E-state index contributed by atoms with van der Waals surface area (Å²) in [7, 11) is 0. The first-order chi connectivity index (χ1) is 16.4. The lowest BCUT2D eigenvalue weighted by molar-refractivity contribution is -0.140. The molecule has 6 heteroatoms. The Bertz CT molecular complexity index is 997. The van der Waals surface area contributed by atoms with Crippen LogP contribution in [0.4, 0.5) is 5.69 Å². The lowest BCUT2D eigenvalue weighted by Crippen LogP contribution is -2.51. The van der Waals surface area contributed by atoms with Gasteiger partial charge in [0.2, 0.25) is 11.8 Å². The fraction of sp³-hybridized carbons (Fsp3) is 0.500. The zero-order valence-electron chi connectivity index (χ0n) is 20.6. The summed E-state index contributed by atoms with van der Waals surface area (Å²) in [6.07, 6.45) is 2.80. The smallest absolute Gasteiger partial charge is 0.240 e. The van der Waals surface area contributed by atoms with Crippen molar-refractivity contribution in [1.29, 1.82) is 0 Å². The Hall–Kier alpha value is -2.86. The quantitative estimate of drug-likeness (QED) is 0.609. The predicted molar refractivity (Wildman–Crippen MR) is 137 cm³/mol. The van der Waals surface area contributed by atoms with Crippen molar-refractivity contribution in [3.05, 3.63) is 65.2 Å². The third-order valence-electron chi connectivity index (χ3n) is 7.28. The van der Waals surface area contributed by atoms with E-state index in [-0.39, 0.29) is 5.91 Å². The van der Waals surface area contributed by atoms with Gasteiger partial charge in [-0.15, -0.1) is 0 Å². The molecule has 0 saturated carbocycles. The zero-order valence-corrected chi connectivity index (χ0v) is 20.6. The van der Waals surface area contributed by atoms with Crippen molar-refractivity contribution in [3.8, 4) is 0 Å². The van der Waals surface area contributed by atoms with Crippen LogP contribution in [0.1, 0.15) is 55.7 Å². The molecule has 0 spiro atoms. The Balaban J connectivity index is 1.22. The molecule has 2 amide bonds. The Morgan fingerprint density at radius 1 is 0.941 bits per heavy atom. The van der Waals surface area contributed by atoms with Crippen LogP contribution < -0.4 is 10.6 Å². The summed E-state index contributed by atoms with van der Waals surface area (Å²) in [4.78, 5) is 31.7. The van der Waals surface area contributed by atoms with Crippen molar-refractivity contribution in [2.75, 3.05) is 37.6 Å². The molecule has 0 aromatic heterocycles. The third-order valence-corrected chi connectivity index (χ3v) is 7.28.